The second-order valence-electron chi connectivity index (χ2n) is 2.76. The minimum absolute atomic E-state index is 0. The number of rotatable bonds is 0. The van der Waals surface area contributed by atoms with Crippen molar-refractivity contribution in [3.63, 3.8) is 0 Å². The van der Waals surface area contributed by atoms with Crippen LogP contribution in [0.25, 0.3) is 0 Å². The van der Waals surface area contributed by atoms with Crippen molar-refractivity contribution in [2.24, 2.45) is 0 Å². The van der Waals surface area contributed by atoms with E-state index in [0.29, 0.717) is 0 Å². The number of halogens is 9. The van der Waals surface area contributed by atoms with Crippen LogP contribution in [0, 0.1) is 49.4 Å². The van der Waals surface area contributed by atoms with Gasteiger partial charge in [0.1, 0.15) is 0 Å². The molecule has 0 fully saturated rings. The molecule has 0 aromatic heterocycles. The van der Waals surface area contributed by atoms with Gasteiger partial charge in [-0.15, -0.1) is 0 Å². The summed E-state index contributed by atoms with van der Waals surface area (Å²) in [6, 6.07) is 0. The van der Waals surface area contributed by atoms with Crippen molar-refractivity contribution in [2.45, 2.75) is 16.5 Å². The molecule has 0 saturated carbocycles. The number of hydrogen-bond donors (Lipinski definition) is 3. The first-order chi connectivity index (χ1) is 9.75. The van der Waals surface area contributed by atoms with Gasteiger partial charge in [0.25, 0.3) is 0 Å². The second-order valence-corrected chi connectivity index (χ2v) is 7.00. The molecule has 0 unspecified atom stereocenters. The van der Waals surface area contributed by atoms with Gasteiger partial charge in [0.2, 0.25) is 0 Å². The zero-order valence-corrected chi connectivity index (χ0v) is 15.2. The Labute approximate surface area is 173 Å². The Kier molecular flexibility index (Phi) is 13.7. The minimum Gasteiger partial charge on any atom is -0.279 e. The summed E-state index contributed by atoms with van der Waals surface area (Å²) in [5, 5.41) is 0. The smallest absolute Gasteiger partial charge is 0.279 e. The normalized spacial score (nSPS) is 13.4. The number of alkyl halides is 9. The van der Waals surface area contributed by atoms with Crippen molar-refractivity contribution >= 4 is 30.4 Å². The predicted octanol–water partition coefficient (Wildman–Crippen LogP) is 1.18. The van der Waals surface area contributed by atoms with Gasteiger partial charge in [-0.2, -0.15) is 64.8 Å². The molecule has 0 aliphatic heterocycles. The summed E-state index contributed by atoms with van der Waals surface area (Å²) in [6.07, 6.45) is 0. The average Bonchev–Trinajstić information content (AvgIpc) is 2.08. The summed E-state index contributed by atoms with van der Waals surface area (Å²) in [5.41, 5.74) is -16.6. The van der Waals surface area contributed by atoms with Gasteiger partial charge in [-0.25, -0.2) is 0 Å². The Morgan fingerprint density at radius 1 is 0.440 bits per heavy atom. The topological polar surface area (TPSA) is 163 Å². The van der Waals surface area contributed by atoms with Crippen LogP contribution < -0.4 is 0 Å². The van der Waals surface area contributed by atoms with E-state index in [9.17, 15) is 39.5 Å². The third kappa shape index (κ3) is 16.6. The minimum atomic E-state index is -5.84. The van der Waals surface area contributed by atoms with Crippen LogP contribution in [-0.4, -0.2) is 55.4 Å². The van der Waals surface area contributed by atoms with Crippen molar-refractivity contribution < 1.29 is 128 Å². The first-order valence-corrected chi connectivity index (χ1v) is 8.18. The maximum absolute atomic E-state index is 10.7. The van der Waals surface area contributed by atoms with Crippen LogP contribution in [0.5, 0.6) is 0 Å². The van der Waals surface area contributed by atoms with Crippen LogP contribution in [0.3, 0.4) is 0 Å². The summed E-state index contributed by atoms with van der Waals surface area (Å²) in [6.45, 7) is 0. The van der Waals surface area contributed by atoms with E-state index < -0.39 is 46.9 Å². The fourth-order valence-electron chi connectivity index (χ4n) is 0. The Morgan fingerprint density at radius 3 is 0.480 bits per heavy atom. The van der Waals surface area contributed by atoms with Gasteiger partial charge in [0, 0.05) is 49.4 Å². The van der Waals surface area contributed by atoms with Crippen molar-refractivity contribution in [2.75, 3.05) is 0 Å². The van der Waals surface area contributed by atoms with Gasteiger partial charge in [-0.3, -0.25) is 13.7 Å². The molecule has 0 amide bonds. The Bertz CT molecular complexity index is 596. The van der Waals surface area contributed by atoms with Crippen LogP contribution in [0.2, 0.25) is 0 Å². The van der Waals surface area contributed by atoms with E-state index in [2.05, 4.69) is 0 Å². The molecule has 0 heterocycles. The zero-order chi connectivity index (χ0) is 21.0. The van der Waals surface area contributed by atoms with E-state index in [1.54, 1.807) is 0 Å². The molecule has 9 nitrogen and oxygen atoms in total. The Morgan fingerprint density at radius 2 is 0.480 bits per heavy atom. The van der Waals surface area contributed by atoms with Crippen molar-refractivity contribution in [3.05, 3.63) is 0 Å². The maximum atomic E-state index is 10.7. The van der Waals surface area contributed by atoms with Crippen LogP contribution >= 0.6 is 0 Å². The third-order valence-electron chi connectivity index (χ3n) is 0.877. The molecule has 0 aromatic carbocycles. The fourth-order valence-corrected chi connectivity index (χ4v) is 0. The molecule has 0 saturated heterocycles. The van der Waals surface area contributed by atoms with E-state index in [1.807, 2.05) is 0 Å². The fraction of sp³-hybridized carbons (Fsp3) is 1.00. The van der Waals surface area contributed by atoms with Crippen molar-refractivity contribution in [1.82, 2.24) is 0 Å². The van der Waals surface area contributed by atoms with E-state index >= 15 is 0 Å². The molecule has 25 heavy (non-hydrogen) atoms. The van der Waals surface area contributed by atoms with Gasteiger partial charge >= 0.3 is 46.9 Å². The molecule has 0 aromatic rings. The van der Waals surface area contributed by atoms with Gasteiger partial charge in [-0.1, -0.05) is 0 Å². The SMILES string of the molecule is O=S(=O)(O)C(F)(F)F.O=S(=O)(O)C(F)(F)F.O=S(=O)(O)C(F)(F)F.[Eu]. The van der Waals surface area contributed by atoms with E-state index in [0.717, 1.165) is 0 Å². The van der Waals surface area contributed by atoms with Gasteiger partial charge < -0.3 is 0 Å². The van der Waals surface area contributed by atoms with Crippen LogP contribution in [0.15, 0.2) is 0 Å². The third-order valence-corrected chi connectivity index (χ3v) is 2.63. The van der Waals surface area contributed by atoms with Crippen LogP contribution in [0.4, 0.5) is 39.5 Å². The summed E-state index contributed by atoms with van der Waals surface area (Å²) in [5.74, 6) is 0. The van der Waals surface area contributed by atoms with E-state index in [1.165, 1.54) is 0 Å². The zero-order valence-electron chi connectivity index (χ0n) is 10.3. The number of hydrogen-bond acceptors (Lipinski definition) is 6. The first kappa shape index (κ1) is 33.3. The Balaban J connectivity index is -0.000000130. The molecule has 0 rings (SSSR count). The molecule has 0 aliphatic carbocycles. The first-order valence-electron chi connectivity index (χ1n) is 3.86. The van der Waals surface area contributed by atoms with E-state index in [4.69, 9.17) is 38.9 Å². The molecule has 3 N–H and O–H groups in total. The van der Waals surface area contributed by atoms with Crippen molar-refractivity contribution in [1.29, 1.82) is 0 Å². The summed E-state index contributed by atoms with van der Waals surface area (Å²) in [7, 11) is -17.5. The van der Waals surface area contributed by atoms with Gasteiger partial charge in [0.05, 0.1) is 0 Å². The molecular weight excluding hydrogens is 599 g/mol. The summed E-state index contributed by atoms with van der Waals surface area (Å²) >= 11 is 0. The standard InChI is InChI=1S/3CHF3O3S.Eu/c3*2-1(3,4)8(5,6)7;/h3*(H,5,6,7);. The predicted molar refractivity (Wildman–Crippen MR) is 52.8 cm³/mol. The van der Waals surface area contributed by atoms with Gasteiger partial charge in [0.15, 0.2) is 0 Å². The molecule has 0 aliphatic rings. The maximum Gasteiger partial charge on any atom is 0.522 e. The van der Waals surface area contributed by atoms with Crippen LogP contribution in [0.1, 0.15) is 0 Å². The molecule has 0 spiro atoms. The van der Waals surface area contributed by atoms with Gasteiger partial charge in [-0.05, 0) is 0 Å². The monoisotopic (exact) mass is 603 g/mol. The molecule has 157 valence electrons. The van der Waals surface area contributed by atoms with Crippen molar-refractivity contribution in [3.8, 4) is 0 Å². The summed E-state index contributed by atoms with van der Waals surface area (Å²) < 4.78 is 173. The quantitative estimate of drug-likeness (QED) is 0.210. The van der Waals surface area contributed by atoms with Crippen LogP contribution in [-0.2, 0) is 30.4 Å². The average molecular weight is 602 g/mol. The second kappa shape index (κ2) is 10.3. The largest absolute Gasteiger partial charge is 0.522 e. The molecule has 22 heteroatoms. The molecule has 1 radical (unpaired) electrons. The molecule has 0 atom stereocenters. The Hall–Kier alpha value is 0.684. The molecule has 0 bridgehead atoms. The van der Waals surface area contributed by atoms with E-state index in [-0.39, 0.29) is 49.4 Å². The molecular formula is C3H3EuF9O9S3. The summed E-state index contributed by atoms with van der Waals surface area (Å²) in [4.78, 5) is 0.